The van der Waals surface area contributed by atoms with E-state index in [4.69, 9.17) is 10.5 Å². The molecule has 0 bridgehead atoms. The Bertz CT molecular complexity index is 303. The highest BCUT2D eigenvalue weighted by molar-refractivity contribution is 5.30. The summed E-state index contributed by atoms with van der Waals surface area (Å²) < 4.78 is 6.65. The van der Waals surface area contributed by atoms with Crippen LogP contribution in [-0.4, -0.2) is 59.7 Å². The molecule has 0 fully saturated rings. The molecule has 1 aromatic heterocycles. The largest absolute Gasteiger partial charge is 0.396 e. The molecule has 3 N–H and O–H groups in total. The SMILES string of the molecule is COCC(O)CN(C)CCn1cc(N)cn1. The van der Waals surface area contributed by atoms with Crippen molar-refractivity contribution in [2.24, 2.45) is 0 Å². The van der Waals surface area contributed by atoms with Crippen LogP contribution < -0.4 is 5.73 Å². The van der Waals surface area contributed by atoms with Gasteiger partial charge in [0.2, 0.25) is 0 Å². The lowest BCUT2D eigenvalue weighted by Crippen LogP contribution is -2.34. The second kappa shape index (κ2) is 6.47. The minimum Gasteiger partial charge on any atom is -0.396 e. The molecule has 6 heteroatoms. The third-order valence-corrected chi connectivity index (χ3v) is 2.25. The first-order valence-electron chi connectivity index (χ1n) is 5.25. The summed E-state index contributed by atoms with van der Waals surface area (Å²) in [6, 6.07) is 0. The minimum atomic E-state index is -0.447. The molecule has 6 nitrogen and oxygen atoms in total. The van der Waals surface area contributed by atoms with E-state index in [-0.39, 0.29) is 0 Å². The smallest absolute Gasteiger partial charge is 0.0899 e. The molecule has 1 rings (SSSR count). The molecule has 16 heavy (non-hydrogen) atoms. The average molecular weight is 228 g/mol. The number of methoxy groups -OCH3 is 1. The fourth-order valence-electron chi connectivity index (χ4n) is 1.47. The summed E-state index contributed by atoms with van der Waals surface area (Å²) >= 11 is 0. The second-order valence-corrected chi connectivity index (χ2v) is 3.91. The van der Waals surface area contributed by atoms with E-state index in [1.807, 2.05) is 11.9 Å². The number of aromatic nitrogens is 2. The number of rotatable bonds is 7. The van der Waals surface area contributed by atoms with Crippen molar-refractivity contribution >= 4 is 5.69 Å². The quantitative estimate of drug-likeness (QED) is 0.652. The molecular formula is C10H20N4O2. The van der Waals surface area contributed by atoms with E-state index in [0.29, 0.717) is 18.8 Å². The normalized spacial score (nSPS) is 13.2. The summed E-state index contributed by atoms with van der Waals surface area (Å²) in [6.07, 6.45) is 2.97. The Morgan fingerprint density at radius 3 is 3.00 bits per heavy atom. The van der Waals surface area contributed by atoms with Crippen LogP contribution in [0.25, 0.3) is 0 Å². The molecule has 0 aliphatic heterocycles. The fourth-order valence-corrected chi connectivity index (χ4v) is 1.47. The molecule has 1 heterocycles. The second-order valence-electron chi connectivity index (χ2n) is 3.91. The summed E-state index contributed by atoms with van der Waals surface area (Å²) in [4.78, 5) is 2.03. The Balaban J connectivity index is 2.22. The van der Waals surface area contributed by atoms with Crippen molar-refractivity contribution in [2.45, 2.75) is 12.6 Å². The van der Waals surface area contributed by atoms with E-state index in [0.717, 1.165) is 13.1 Å². The van der Waals surface area contributed by atoms with Gasteiger partial charge in [0.25, 0.3) is 0 Å². The number of nitrogens with two attached hydrogens (primary N) is 1. The van der Waals surface area contributed by atoms with Crippen LogP contribution >= 0.6 is 0 Å². The van der Waals surface area contributed by atoms with Crippen LogP contribution in [-0.2, 0) is 11.3 Å². The Labute approximate surface area is 95.6 Å². The maximum absolute atomic E-state index is 9.51. The van der Waals surface area contributed by atoms with Crippen LogP contribution in [0.4, 0.5) is 5.69 Å². The number of ether oxygens (including phenoxy) is 1. The van der Waals surface area contributed by atoms with Gasteiger partial charge in [-0.2, -0.15) is 5.10 Å². The van der Waals surface area contributed by atoms with Crippen LogP contribution in [0.3, 0.4) is 0 Å². The molecule has 0 aromatic carbocycles. The van der Waals surface area contributed by atoms with Crippen molar-refractivity contribution in [1.82, 2.24) is 14.7 Å². The number of anilines is 1. The van der Waals surface area contributed by atoms with E-state index in [9.17, 15) is 5.11 Å². The summed E-state index contributed by atoms with van der Waals surface area (Å²) in [6.45, 7) is 2.51. The molecule has 1 unspecified atom stereocenters. The first kappa shape index (κ1) is 13.0. The maximum atomic E-state index is 9.51. The Morgan fingerprint density at radius 2 is 2.44 bits per heavy atom. The molecule has 0 saturated carbocycles. The molecule has 0 spiro atoms. The first-order chi connectivity index (χ1) is 7.61. The molecular weight excluding hydrogens is 208 g/mol. The third kappa shape index (κ3) is 4.61. The van der Waals surface area contributed by atoms with Gasteiger partial charge in [0.1, 0.15) is 0 Å². The molecule has 0 amide bonds. The highest BCUT2D eigenvalue weighted by Crippen LogP contribution is 1.98. The number of hydrogen-bond acceptors (Lipinski definition) is 5. The summed E-state index contributed by atoms with van der Waals surface area (Å²) in [5.41, 5.74) is 6.22. The first-order valence-corrected chi connectivity index (χ1v) is 5.25. The highest BCUT2D eigenvalue weighted by atomic mass is 16.5. The van der Waals surface area contributed by atoms with Crippen molar-refractivity contribution < 1.29 is 9.84 Å². The zero-order valence-electron chi connectivity index (χ0n) is 9.83. The average Bonchev–Trinajstić information content (AvgIpc) is 2.61. The lowest BCUT2D eigenvalue weighted by molar-refractivity contribution is 0.0425. The number of aliphatic hydroxyl groups is 1. The van der Waals surface area contributed by atoms with Gasteiger partial charge < -0.3 is 20.5 Å². The molecule has 1 atom stereocenters. The van der Waals surface area contributed by atoms with Crippen LogP contribution in [0.15, 0.2) is 12.4 Å². The van der Waals surface area contributed by atoms with Gasteiger partial charge in [0, 0.05) is 26.4 Å². The van der Waals surface area contributed by atoms with Crippen molar-refractivity contribution in [1.29, 1.82) is 0 Å². The lowest BCUT2D eigenvalue weighted by atomic mass is 10.3. The van der Waals surface area contributed by atoms with E-state index in [1.165, 1.54) is 0 Å². The maximum Gasteiger partial charge on any atom is 0.0899 e. The van der Waals surface area contributed by atoms with E-state index in [2.05, 4.69) is 5.10 Å². The van der Waals surface area contributed by atoms with Crippen molar-refractivity contribution in [3.8, 4) is 0 Å². The van der Waals surface area contributed by atoms with Gasteiger partial charge >= 0.3 is 0 Å². The highest BCUT2D eigenvalue weighted by Gasteiger charge is 2.07. The molecule has 1 aromatic rings. The third-order valence-electron chi connectivity index (χ3n) is 2.25. The molecule has 0 saturated heterocycles. The monoisotopic (exact) mass is 228 g/mol. The lowest BCUT2D eigenvalue weighted by Gasteiger charge is -2.19. The van der Waals surface area contributed by atoms with Gasteiger partial charge in [-0.25, -0.2) is 0 Å². The van der Waals surface area contributed by atoms with Crippen LogP contribution in [0, 0.1) is 0 Å². The van der Waals surface area contributed by atoms with Gasteiger partial charge in [-0.15, -0.1) is 0 Å². The summed E-state index contributed by atoms with van der Waals surface area (Å²) in [7, 11) is 3.53. The fraction of sp³-hybridized carbons (Fsp3) is 0.700. The number of aliphatic hydroxyl groups excluding tert-OH is 1. The minimum absolute atomic E-state index is 0.360. The van der Waals surface area contributed by atoms with E-state index in [1.54, 1.807) is 24.2 Å². The molecule has 0 aliphatic carbocycles. The van der Waals surface area contributed by atoms with Gasteiger partial charge in [-0.3, -0.25) is 4.68 Å². The number of hydrogen-bond donors (Lipinski definition) is 2. The predicted octanol–water partition coefficient (Wildman–Crippen LogP) is -0.596. The summed E-state index contributed by atoms with van der Waals surface area (Å²) in [5, 5.41) is 13.6. The standard InChI is InChI=1S/C10H20N4O2/c1-13(7-10(15)8-16-2)3-4-14-6-9(11)5-12-14/h5-6,10,15H,3-4,7-8,11H2,1-2H3. The van der Waals surface area contributed by atoms with Crippen molar-refractivity contribution in [3.63, 3.8) is 0 Å². The zero-order chi connectivity index (χ0) is 12.0. The number of nitrogen functional groups attached to an aromatic ring is 1. The van der Waals surface area contributed by atoms with Crippen LogP contribution in [0.2, 0.25) is 0 Å². The van der Waals surface area contributed by atoms with Gasteiger partial charge in [0.05, 0.1) is 31.1 Å². The molecule has 0 aliphatic rings. The predicted molar refractivity (Wildman–Crippen MR) is 62.0 cm³/mol. The van der Waals surface area contributed by atoms with Crippen molar-refractivity contribution in [3.05, 3.63) is 12.4 Å². The Kier molecular flexibility index (Phi) is 5.24. The number of nitrogens with zero attached hydrogens (tertiary/aromatic N) is 3. The number of likely N-dealkylation sites (N-methyl/N-ethyl adjacent to an activating group) is 1. The van der Waals surface area contributed by atoms with Gasteiger partial charge in [0.15, 0.2) is 0 Å². The van der Waals surface area contributed by atoms with Crippen LogP contribution in [0.1, 0.15) is 0 Å². The molecule has 0 radical (unpaired) electrons. The topological polar surface area (TPSA) is 76.5 Å². The molecule has 92 valence electrons. The summed E-state index contributed by atoms with van der Waals surface area (Å²) in [5.74, 6) is 0. The van der Waals surface area contributed by atoms with E-state index < -0.39 is 6.10 Å². The van der Waals surface area contributed by atoms with Gasteiger partial charge in [-0.1, -0.05) is 0 Å². The van der Waals surface area contributed by atoms with E-state index >= 15 is 0 Å². The van der Waals surface area contributed by atoms with Crippen molar-refractivity contribution in [2.75, 3.05) is 39.6 Å². The zero-order valence-corrected chi connectivity index (χ0v) is 9.83. The Morgan fingerprint density at radius 1 is 1.69 bits per heavy atom. The van der Waals surface area contributed by atoms with Gasteiger partial charge in [-0.05, 0) is 7.05 Å². The van der Waals surface area contributed by atoms with Crippen LogP contribution in [0.5, 0.6) is 0 Å². The Hall–Kier alpha value is -1.11.